The normalized spacial score (nSPS) is 18.2. The molecule has 20 heavy (non-hydrogen) atoms. The maximum atomic E-state index is 10.8. The lowest BCUT2D eigenvalue weighted by Gasteiger charge is -2.23. The van der Waals surface area contributed by atoms with Gasteiger partial charge < -0.3 is 10.1 Å². The lowest BCUT2D eigenvalue weighted by molar-refractivity contribution is -0.385. The number of hydrogen-bond donors (Lipinski definition) is 1. The molecular formula is C14H17N3O3. The van der Waals surface area contributed by atoms with Crippen molar-refractivity contribution in [2.24, 2.45) is 0 Å². The quantitative estimate of drug-likeness (QED) is 0.658. The van der Waals surface area contributed by atoms with Gasteiger partial charge in [0.15, 0.2) is 0 Å². The van der Waals surface area contributed by atoms with Gasteiger partial charge >= 0.3 is 0 Å². The van der Waals surface area contributed by atoms with Gasteiger partial charge in [-0.05, 0) is 37.9 Å². The monoisotopic (exact) mass is 275 g/mol. The van der Waals surface area contributed by atoms with E-state index >= 15 is 0 Å². The molecule has 1 aliphatic rings. The standard InChI is InChI=1S/C14H17N3O3/c15-10-11-4-5-13(9-14(11)17(18)19)20-8-6-12-3-1-2-7-16-12/h4-5,9,12,16H,1-3,6-8H2. The second kappa shape index (κ2) is 6.87. The molecule has 1 unspecified atom stereocenters. The SMILES string of the molecule is N#Cc1ccc(OCCC2CCCCN2)cc1[N+](=O)[O-]. The highest BCUT2D eigenvalue weighted by atomic mass is 16.6. The fraction of sp³-hybridized carbons (Fsp3) is 0.500. The zero-order chi connectivity index (χ0) is 14.4. The van der Waals surface area contributed by atoms with Crippen molar-refractivity contribution in [1.82, 2.24) is 5.32 Å². The van der Waals surface area contributed by atoms with Crippen molar-refractivity contribution in [3.8, 4) is 11.8 Å². The van der Waals surface area contributed by atoms with Gasteiger partial charge in [0.05, 0.1) is 17.6 Å². The maximum Gasteiger partial charge on any atom is 0.290 e. The van der Waals surface area contributed by atoms with Crippen LogP contribution in [0.25, 0.3) is 0 Å². The lowest BCUT2D eigenvalue weighted by Crippen LogP contribution is -2.35. The highest BCUT2D eigenvalue weighted by Gasteiger charge is 2.16. The Bertz CT molecular complexity index is 519. The van der Waals surface area contributed by atoms with Crippen LogP contribution in [-0.2, 0) is 0 Å². The summed E-state index contributed by atoms with van der Waals surface area (Å²) in [6.45, 7) is 1.56. The molecule has 1 saturated heterocycles. The number of nitrogens with one attached hydrogen (secondary N) is 1. The van der Waals surface area contributed by atoms with Gasteiger partial charge in [0.1, 0.15) is 17.4 Å². The van der Waals surface area contributed by atoms with Gasteiger partial charge in [-0.2, -0.15) is 5.26 Å². The number of piperidine rings is 1. The van der Waals surface area contributed by atoms with Crippen LogP contribution in [0.5, 0.6) is 5.75 Å². The summed E-state index contributed by atoms with van der Waals surface area (Å²) in [5.74, 6) is 0.437. The molecule has 1 N–H and O–H groups in total. The Hall–Kier alpha value is -2.13. The summed E-state index contributed by atoms with van der Waals surface area (Å²) < 4.78 is 5.55. The molecule has 0 aromatic heterocycles. The minimum atomic E-state index is -0.561. The number of benzene rings is 1. The van der Waals surface area contributed by atoms with E-state index in [4.69, 9.17) is 10.00 Å². The Labute approximate surface area is 117 Å². The van der Waals surface area contributed by atoms with Crippen LogP contribution in [-0.4, -0.2) is 24.1 Å². The Morgan fingerprint density at radius 3 is 3.00 bits per heavy atom. The van der Waals surface area contributed by atoms with Crippen LogP contribution in [0.15, 0.2) is 18.2 Å². The van der Waals surface area contributed by atoms with Crippen molar-refractivity contribution in [2.75, 3.05) is 13.2 Å². The van der Waals surface area contributed by atoms with Gasteiger partial charge in [-0.3, -0.25) is 10.1 Å². The molecule has 6 heteroatoms. The van der Waals surface area contributed by atoms with E-state index in [0.717, 1.165) is 19.4 Å². The van der Waals surface area contributed by atoms with Crippen LogP contribution in [0, 0.1) is 21.4 Å². The average molecular weight is 275 g/mol. The molecule has 106 valence electrons. The summed E-state index contributed by atoms with van der Waals surface area (Å²) in [7, 11) is 0. The van der Waals surface area contributed by atoms with Crippen LogP contribution >= 0.6 is 0 Å². The summed E-state index contributed by atoms with van der Waals surface area (Å²) in [5, 5.41) is 23.1. The molecule has 6 nitrogen and oxygen atoms in total. The first-order chi connectivity index (χ1) is 9.70. The van der Waals surface area contributed by atoms with Crippen molar-refractivity contribution in [3.63, 3.8) is 0 Å². The Kier molecular flexibility index (Phi) is 4.91. The molecule has 0 spiro atoms. The van der Waals surface area contributed by atoms with Gasteiger partial charge in [-0.1, -0.05) is 6.42 Å². The number of rotatable bonds is 5. The number of nitro groups is 1. The molecule has 1 aliphatic heterocycles. The predicted octanol–water partition coefficient (Wildman–Crippen LogP) is 2.38. The van der Waals surface area contributed by atoms with Gasteiger partial charge in [0, 0.05) is 6.04 Å². The average Bonchev–Trinajstić information content (AvgIpc) is 2.48. The van der Waals surface area contributed by atoms with Gasteiger partial charge in [0.25, 0.3) is 5.69 Å². The van der Waals surface area contributed by atoms with E-state index in [9.17, 15) is 10.1 Å². The topological polar surface area (TPSA) is 88.2 Å². The van der Waals surface area contributed by atoms with Crippen LogP contribution in [0.1, 0.15) is 31.2 Å². The number of nitro benzene ring substituents is 1. The fourth-order valence-electron chi connectivity index (χ4n) is 2.34. The molecule has 2 rings (SSSR count). The Balaban J connectivity index is 1.91. The summed E-state index contributed by atoms with van der Waals surface area (Å²) in [5.41, 5.74) is -0.155. The van der Waals surface area contributed by atoms with E-state index in [-0.39, 0.29) is 11.3 Å². The smallest absolute Gasteiger partial charge is 0.290 e. The van der Waals surface area contributed by atoms with Gasteiger partial charge in [0.2, 0.25) is 0 Å². The van der Waals surface area contributed by atoms with Crippen molar-refractivity contribution < 1.29 is 9.66 Å². The number of nitriles is 1. The lowest BCUT2D eigenvalue weighted by atomic mass is 10.0. The van der Waals surface area contributed by atoms with Gasteiger partial charge in [-0.15, -0.1) is 0 Å². The van der Waals surface area contributed by atoms with Crippen molar-refractivity contribution in [1.29, 1.82) is 5.26 Å². The number of nitrogens with zero attached hydrogens (tertiary/aromatic N) is 2. The van der Waals surface area contributed by atoms with Crippen LogP contribution in [0.2, 0.25) is 0 Å². The van der Waals surface area contributed by atoms with Crippen LogP contribution in [0.3, 0.4) is 0 Å². The summed E-state index contributed by atoms with van der Waals surface area (Å²) >= 11 is 0. The van der Waals surface area contributed by atoms with E-state index in [1.54, 1.807) is 12.1 Å². The molecular weight excluding hydrogens is 258 g/mol. The highest BCUT2D eigenvalue weighted by Crippen LogP contribution is 2.24. The maximum absolute atomic E-state index is 10.8. The molecule has 0 aliphatic carbocycles. The summed E-state index contributed by atoms with van der Waals surface area (Å²) in [6.07, 6.45) is 4.49. The molecule has 0 bridgehead atoms. The molecule has 1 aromatic carbocycles. The van der Waals surface area contributed by atoms with E-state index in [0.29, 0.717) is 18.4 Å². The Morgan fingerprint density at radius 2 is 2.35 bits per heavy atom. The fourth-order valence-corrected chi connectivity index (χ4v) is 2.34. The first-order valence-corrected chi connectivity index (χ1v) is 6.75. The third-order valence-corrected chi connectivity index (χ3v) is 3.43. The highest BCUT2D eigenvalue weighted by molar-refractivity contribution is 5.52. The van der Waals surface area contributed by atoms with E-state index < -0.39 is 4.92 Å². The predicted molar refractivity (Wildman–Crippen MR) is 73.6 cm³/mol. The van der Waals surface area contributed by atoms with Crippen LogP contribution < -0.4 is 10.1 Å². The van der Waals surface area contributed by atoms with Crippen LogP contribution in [0.4, 0.5) is 5.69 Å². The van der Waals surface area contributed by atoms with Crippen molar-refractivity contribution in [3.05, 3.63) is 33.9 Å². The molecule has 0 radical (unpaired) electrons. The number of hydrogen-bond acceptors (Lipinski definition) is 5. The first-order valence-electron chi connectivity index (χ1n) is 6.75. The summed E-state index contributed by atoms with van der Waals surface area (Å²) in [4.78, 5) is 10.3. The third kappa shape index (κ3) is 3.68. The van der Waals surface area contributed by atoms with E-state index in [1.807, 2.05) is 0 Å². The molecule has 0 saturated carbocycles. The third-order valence-electron chi connectivity index (χ3n) is 3.43. The number of ether oxygens (including phenoxy) is 1. The second-order valence-corrected chi connectivity index (χ2v) is 4.83. The minimum Gasteiger partial charge on any atom is -0.493 e. The molecule has 1 heterocycles. The minimum absolute atomic E-state index is 0.0521. The van der Waals surface area contributed by atoms with Crippen molar-refractivity contribution >= 4 is 5.69 Å². The van der Waals surface area contributed by atoms with Gasteiger partial charge in [-0.25, -0.2) is 0 Å². The zero-order valence-corrected chi connectivity index (χ0v) is 11.2. The van der Waals surface area contributed by atoms with Crippen molar-refractivity contribution in [2.45, 2.75) is 31.7 Å². The zero-order valence-electron chi connectivity index (χ0n) is 11.2. The Morgan fingerprint density at radius 1 is 1.50 bits per heavy atom. The van der Waals surface area contributed by atoms with E-state index in [2.05, 4.69) is 5.32 Å². The van der Waals surface area contributed by atoms with E-state index in [1.165, 1.54) is 25.0 Å². The largest absolute Gasteiger partial charge is 0.493 e. The molecule has 1 aromatic rings. The first kappa shape index (κ1) is 14.3. The second-order valence-electron chi connectivity index (χ2n) is 4.83. The summed E-state index contributed by atoms with van der Waals surface area (Å²) in [6, 6.07) is 6.61. The molecule has 1 atom stereocenters. The molecule has 1 fully saturated rings. The molecule has 0 amide bonds.